The summed E-state index contributed by atoms with van der Waals surface area (Å²) in [5.74, 6) is 1.46. The van der Waals surface area contributed by atoms with E-state index in [1.165, 1.54) is 13.2 Å². The van der Waals surface area contributed by atoms with Gasteiger partial charge in [-0.05, 0) is 36.4 Å². The third-order valence-corrected chi connectivity index (χ3v) is 3.11. The van der Waals surface area contributed by atoms with Crippen molar-refractivity contribution in [2.24, 2.45) is 0 Å². The van der Waals surface area contributed by atoms with Gasteiger partial charge in [0.05, 0.1) is 21.3 Å². The van der Waals surface area contributed by atoms with Crippen LogP contribution in [0.4, 0.5) is 0 Å². The van der Waals surface area contributed by atoms with Gasteiger partial charge in [-0.1, -0.05) is 0 Å². The monoisotopic (exact) mass is 299 g/mol. The molecule has 0 radical (unpaired) electrons. The molecule has 1 aromatic heterocycles. The number of methoxy groups -OCH3 is 3. The fourth-order valence-electron chi connectivity index (χ4n) is 2.03. The lowest BCUT2D eigenvalue weighted by Gasteiger charge is -2.13. The molecular weight excluding hydrogens is 282 g/mol. The Morgan fingerprint density at radius 3 is 2.23 bits per heavy atom. The van der Waals surface area contributed by atoms with Crippen LogP contribution in [0.15, 0.2) is 42.7 Å². The lowest BCUT2D eigenvalue weighted by molar-refractivity contribution is 0.104. The maximum absolute atomic E-state index is 12.1. The predicted molar refractivity (Wildman–Crippen MR) is 83.7 cm³/mol. The van der Waals surface area contributed by atoms with Crippen molar-refractivity contribution in [3.05, 3.63) is 53.9 Å². The number of nitrogens with zero attached hydrogens (tertiary/aromatic N) is 1. The number of ether oxygens (including phenoxy) is 3. The molecule has 0 unspecified atom stereocenters. The molecule has 0 saturated heterocycles. The first-order chi connectivity index (χ1) is 10.7. The molecule has 5 heteroatoms. The molecule has 1 heterocycles. The number of carbonyl (C=O) groups excluding carboxylic acids is 1. The fourth-order valence-corrected chi connectivity index (χ4v) is 2.03. The van der Waals surface area contributed by atoms with Gasteiger partial charge in [-0.15, -0.1) is 0 Å². The van der Waals surface area contributed by atoms with E-state index in [4.69, 9.17) is 14.2 Å². The highest BCUT2D eigenvalue weighted by Gasteiger charge is 2.14. The zero-order chi connectivity index (χ0) is 15.9. The number of aromatic nitrogens is 1. The molecule has 0 amide bonds. The summed E-state index contributed by atoms with van der Waals surface area (Å²) in [6, 6.07) is 6.89. The Labute approximate surface area is 129 Å². The van der Waals surface area contributed by atoms with Crippen molar-refractivity contribution in [1.29, 1.82) is 0 Å². The second-order valence-electron chi connectivity index (χ2n) is 4.36. The second kappa shape index (κ2) is 7.26. The van der Waals surface area contributed by atoms with E-state index in [1.54, 1.807) is 57.0 Å². The number of pyridine rings is 1. The summed E-state index contributed by atoms with van der Waals surface area (Å²) in [5.41, 5.74) is 1.30. The fraction of sp³-hybridized carbons (Fsp3) is 0.176. The molecular formula is C17H17NO4. The Morgan fingerprint density at radius 1 is 0.955 bits per heavy atom. The number of carbonyl (C=O) groups is 1. The summed E-state index contributed by atoms with van der Waals surface area (Å²) < 4.78 is 15.9. The van der Waals surface area contributed by atoms with Gasteiger partial charge in [-0.2, -0.15) is 0 Å². The van der Waals surface area contributed by atoms with Crippen LogP contribution in [-0.2, 0) is 0 Å². The summed E-state index contributed by atoms with van der Waals surface area (Å²) in [7, 11) is 4.63. The first kappa shape index (κ1) is 15.6. The molecule has 22 heavy (non-hydrogen) atoms. The number of rotatable bonds is 6. The summed E-state index contributed by atoms with van der Waals surface area (Å²) in [5, 5.41) is 0. The second-order valence-corrected chi connectivity index (χ2v) is 4.36. The molecule has 0 aliphatic rings. The van der Waals surface area contributed by atoms with E-state index in [9.17, 15) is 4.79 Å². The highest BCUT2D eigenvalue weighted by Crippen LogP contribution is 2.40. The Bertz CT molecular complexity index is 681. The maximum atomic E-state index is 12.1. The molecule has 1 aromatic carbocycles. The van der Waals surface area contributed by atoms with Crippen LogP contribution in [0.2, 0.25) is 0 Å². The quantitative estimate of drug-likeness (QED) is 0.606. The molecule has 0 N–H and O–H groups in total. The van der Waals surface area contributed by atoms with Gasteiger partial charge in [0, 0.05) is 23.5 Å². The molecule has 2 aromatic rings. The largest absolute Gasteiger partial charge is 0.493 e. The van der Waals surface area contributed by atoms with Crippen molar-refractivity contribution < 1.29 is 19.0 Å². The Morgan fingerprint density at radius 2 is 1.64 bits per heavy atom. The maximum Gasteiger partial charge on any atom is 0.203 e. The van der Waals surface area contributed by atoms with Gasteiger partial charge < -0.3 is 14.2 Å². The summed E-state index contributed by atoms with van der Waals surface area (Å²) >= 11 is 0. The van der Waals surface area contributed by atoms with Gasteiger partial charge in [0.25, 0.3) is 0 Å². The van der Waals surface area contributed by atoms with E-state index in [1.807, 2.05) is 0 Å². The van der Waals surface area contributed by atoms with E-state index >= 15 is 0 Å². The Kier molecular flexibility index (Phi) is 5.14. The van der Waals surface area contributed by atoms with Gasteiger partial charge >= 0.3 is 0 Å². The van der Waals surface area contributed by atoms with Gasteiger partial charge in [-0.25, -0.2) is 0 Å². The smallest absolute Gasteiger partial charge is 0.203 e. The number of hydrogen-bond donors (Lipinski definition) is 0. The number of hydrogen-bond acceptors (Lipinski definition) is 5. The first-order valence-corrected chi connectivity index (χ1v) is 6.62. The van der Waals surface area contributed by atoms with E-state index in [-0.39, 0.29) is 5.78 Å². The normalized spacial score (nSPS) is 10.5. The van der Waals surface area contributed by atoms with Gasteiger partial charge in [0.1, 0.15) is 0 Å². The zero-order valence-corrected chi connectivity index (χ0v) is 12.7. The molecule has 5 nitrogen and oxygen atoms in total. The third-order valence-electron chi connectivity index (χ3n) is 3.11. The van der Waals surface area contributed by atoms with Crippen molar-refractivity contribution in [3.63, 3.8) is 0 Å². The summed E-state index contributed by atoms with van der Waals surface area (Å²) in [6.07, 6.45) is 6.33. The van der Waals surface area contributed by atoms with E-state index in [2.05, 4.69) is 4.98 Å². The average Bonchev–Trinajstić information content (AvgIpc) is 2.59. The molecule has 0 atom stereocenters. The predicted octanol–water partition coefficient (Wildman–Crippen LogP) is 3.00. The van der Waals surface area contributed by atoms with E-state index < -0.39 is 0 Å². The molecule has 0 aliphatic heterocycles. The van der Waals surface area contributed by atoms with Crippen LogP contribution in [0, 0.1) is 0 Å². The van der Waals surface area contributed by atoms with Crippen LogP contribution in [0.5, 0.6) is 17.2 Å². The number of ketones is 1. The lowest BCUT2D eigenvalue weighted by Crippen LogP contribution is -1.97. The number of allylic oxidation sites excluding steroid dienone is 1. The van der Waals surface area contributed by atoms with E-state index in [0.29, 0.717) is 22.8 Å². The van der Waals surface area contributed by atoms with Crippen LogP contribution in [0.3, 0.4) is 0 Å². The minimum Gasteiger partial charge on any atom is -0.493 e. The highest BCUT2D eigenvalue weighted by atomic mass is 16.5. The van der Waals surface area contributed by atoms with Crippen molar-refractivity contribution in [2.45, 2.75) is 0 Å². The zero-order valence-electron chi connectivity index (χ0n) is 12.7. The van der Waals surface area contributed by atoms with Crippen LogP contribution >= 0.6 is 0 Å². The molecule has 0 spiro atoms. The van der Waals surface area contributed by atoms with Crippen LogP contribution in [-0.4, -0.2) is 32.1 Å². The molecule has 2 rings (SSSR count). The molecule has 0 bridgehead atoms. The lowest BCUT2D eigenvalue weighted by atomic mass is 10.1. The van der Waals surface area contributed by atoms with Crippen molar-refractivity contribution in [2.75, 3.05) is 21.3 Å². The van der Waals surface area contributed by atoms with Gasteiger partial charge in [0.2, 0.25) is 5.75 Å². The third kappa shape index (κ3) is 3.25. The molecule has 0 fully saturated rings. The molecule has 114 valence electrons. The average molecular weight is 299 g/mol. The van der Waals surface area contributed by atoms with Crippen molar-refractivity contribution >= 4 is 11.9 Å². The minimum absolute atomic E-state index is 0.112. The Hall–Kier alpha value is -2.82. The topological polar surface area (TPSA) is 57.7 Å². The standard InChI is InChI=1S/C17H17NO4/c1-20-15-7-5-13(16(21-2)17(15)22-3)4-6-14(19)12-8-10-18-11-9-12/h4-11H,1-3H3. The van der Waals surface area contributed by atoms with Gasteiger partial charge in [-0.3, -0.25) is 9.78 Å². The SMILES string of the molecule is COc1ccc(C=CC(=O)c2ccncc2)c(OC)c1OC. The minimum atomic E-state index is -0.112. The van der Waals surface area contributed by atoms with E-state index in [0.717, 1.165) is 5.56 Å². The summed E-state index contributed by atoms with van der Waals surface area (Å²) in [6.45, 7) is 0. The summed E-state index contributed by atoms with van der Waals surface area (Å²) in [4.78, 5) is 16.0. The number of benzene rings is 1. The highest BCUT2D eigenvalue weighted by molar-refractivity contribution is 6.06. The van der Waals surface area contributed by atoms with Crippen LogP contribution < -0.4 is 14.2 Å². The van der Waals surface area contributed by atoms with Gasteiger partial charge in [0.15, 0.2) is 17.3 Å². The van der Waals surface area contributed by atoms with Crippen LogP contribution in [0.25, 0.3) is 6.08 Å². The molecule has 0 saturated carbocycles. The van der Waals surface area contributed by atoms with Crippen molar-refractivity contribution in [3.8, 4) is 17.2 Å². The van der Waals surface area contributed by atoms with Crippen LogP contribution in [0.1, 0.15) is 15.9 Å². The first-order valence-electron chi connectivity index (χ1n) is 6.62. The van der Waals surface area contributed by atoms with Crippen molar-refractivity contribution in [1.82, 2.24) is 4.98 Å². The Balaban J connectivity index is 2.33. The molecule has 0 aliphatic carbocycles.